The van der Waals surface area contributed by atoms with E-state index < -0.39 is 0 Å². The van der Waals surface area contributed by atoms with Crippen LogP contribution in [-0.2, 0) is 6.54 Å². The van der Waals surface area contributed by atoms with Gasteiger partial charge in [0.2, 0.25) is 0 Å². The van der Waals surface area contributed by atoms with Crippen molar-refractivity contribution < 1.29 is 0 Å². The van der Waals surface area contributed by atoms with E-state index in [0.29, 0.717) is 12.5 Å². The number of nitrogens with zero attached hydrogens (tertiary/aromatic N) is 2. The summed E-state index contributed by atoms with van der Waals surface area (Å²) in [6.07, 6.45) is 2.01. The van der Waals surface area contributed by atoms with Gasteiger partial charge in [-0.15, -0.1) is 0 Å². The molecule has 0 spiro atoms. The van der Waals surface area contributed by atoms with E-state index in [0.717, 1.165) is 16.9 Å². The van der Waals surface area contributed by atoms with Crippen LogP contribution < -0.4 is 5.73 Å². The summed E-state index contributed by atoms with van der Waals surface area (Å²) >= 11 is 0. The number of nitrogens with two attached hydrogens (primary N) is 1. The molecule has 2 aromatic rings. The van der Waals surface area contributed by atoms with Crippen LogP contribution in [0.2, 0.25) is 0 Å². The molecule has 17 heavy (non-hydrogen) atoms. The van der Waals surface area contributed by atoms with Crippen molar-refractivity contribution >= 4 is 0 Å². The molecule has 0 saturated carbocycles. The molecule has 0 bridgehead atoms. The molecule has 90 valence electrons. The summed E-state index contributed by atoms with van der Waals surface area (Å²) in [5.74, 6) is 0.458. The van der Waals surface area contributed by atoms with E-state index in [9.17, 15) is 0 Å². The Bertz CT molecular complexity index is 512. The third-order valence-electron chi connectivity index (χ3n) is 2.94. The Morgan fingerprint density at radius 1 is 1.29 bits per heavy atom. The second kappa shape index (κ2) is 4.72. The smallest absolute Gasteiger partial charge is 0.0675 e. The zero-order chi connectivity index (χ0) is 12.4. The number of aromatic nitrogens is 2. The van der Waals surface area contributed by atoms with Gasteiger partial charge in [-0.25, -0.2) is 4.68 Å². The summed E-state index contributed by atoms with van der Waals surface area (Å²) < 4.78 is 1.94. The summed E-state index contributed by atoms with van der Waals surface area (Å²) in [6, 6.07) is 8.32. The zero-order valence-electron chi connectivity index (χ0n) is 10.6. The molecule has 0 unspecified atom stereocenters. The Labute approximate surface area is 102 Å². The summed E-state index contributed by atoms with van der Waals surface area (Å²) in [5, 5.41) is 4.58. The minimum absolute atomic E-state index is 0.458. The fourth-order valence-corrected chi connectivity index (χ4v) is 1.88. The fourth-order valence-electron chi connectivity index (χ4n) is 1.88. The van der Waals surface area contributed by atoms with E-state index in [1.54, 1.807) is 0 Å². The normalized spacial score (nSPS) is 11.1. The van der Waals surface area contributed by atoms with E-state index in [1.165, 1.54) is 5.56 Å². The third-order valence-corrected chi connectivity index (χ3v) is 2.94. The van der Waals surface area contributed by atoms with E-state index in [-0.39, 0.29) is 0 Å². The first-order valence-corrected chi connectivity index (χ1v) is 5.97. The zero-order valence-corrected chi connectivity index (χ0v) is 10.6. The van der Waals surface area contributed by atoms with E-state index >= 15 is 0 Å². The first-order valence-electron chi connectivity index (χ1n) is 5.97. The topological polar surface area (TPSA) is 43.8 Å². The Hall–Kier alpha value is -1.61. The number of hydrogen-bond donors (Lipinski definition) is 1. The van der Waals surface area contributed by atoms with Gasteiger partial charge in [-0.1, -0.05) is 26.0 Å². The van der Waals surface area contributed by atoms with Crippen LogP contribution in [0.25, 0.3) is 5.69 Å². The molecule has 0 saturated heterocycles. The summed E-state index contributed by atoms with van der Waals surface area (Å²) in [6.45, 7) is 6.97. The van der Waals surface area contributed by atoms with Gasteiger partial charge >= 0.3 is 0 Å². The molecule has 3 nitrogen and oxygen atoms in total. The SMILES string of the molecule is Cc1cc(CN)ccc1-n1ccc(C(C)C)n1. The quantitative estimate of drug-likeness (QED) is 0.879. The lowest BCUT2D eigenvalue weighted by Gasteiger charge is -2.08. The Kier molecular flexibility index (Phi) is 3.29. The minimum Gasteiger partial charge on any atom is -0.326 e. The standard InChI is InChI=1S/C14H19N3/c1-10(2)13-6-7-17(16-13)14-5-4-12(9-15)8-11(14)3/h4-8,10H,9,15H2,1-3H3. The van der Waals surface area contributed by atoms with Crippen molar-refractivity contribution in [3.05, 3.63) is 47.3 Å². The van der Waals surface area contributed by atoms with Crippen LogP contribution in [0.3, 0.4) is 0 Å². The molecule has 1 aromatic carbocycles. The summed E-state index contributed by atoms with van der Waals surface area (Å²) in [7, 11) is 0. The van der Waals surface area contributed by atoms with Crippen LogP contribution in [-0.4, -0.2) is 9.78 Å². The highest BCUT2D eigenvalue weighted by molar-refractivity contribution is 5.42. The molecule has 2 rings (SSSR count). The lowest BCUT2D eigenvalue weighted by molar-refractivity contribution is 0.766. The first kappa shape index (κ1) is 11.9. The number of aryl methyl sites for hydroxylation is 1. The lowest BCUT2D eigenvalue weighted by atomic mass is 10.1. The Morgan fingerprint density at radius 2 is 2.06 bits per heavy atom. The van der Waals surface area contributed by atoms with Crippen molar-refractivity contribution in [2.75, 3.05) is 0 Å². The van der Waals surface area contributed by atoms with Crippen molar-refractivity contribution in [3.8, 4) is 5.69 Å². The highest BCUT2D eigenvalue weighted by Crippen LogP contribution is 2.18. The molecule has 0 atom stereocenters. The van der Waals surface area contributed by atoms with Crippen molar-refractivity contribution in [2.24, 2.45) is 5.73 Å². The molecular formula is C14H19N3. The van der Waals surface area contributed by atoms with Gasteiger partial charge in [0, 0.05) is 12.7 Å². The van der Waals surface area contributed by atoms with Gasteiger partial charge in [0.15, 0.2) is 0 Å². The number of rotatable bonds is 3. The molecule has 0 aliphatic heterocycles. The van der Waals surface area contributed by atoms with Crippen LogP contribution in [0.15, 0.2) is 30.5 Å². The van der Waals surface area contributed by atoms with Crippen LogP contribution in [0.4, 0.5) is 0 Å². The fraction of sp³-hybridized carbons (Fsp3) is 0.357. The van der Waals surface area contributed by atoms with E-state index in [2.05, 4.69) is 50.1 Å². The molecule has 0 aliphatic carbocycles. The van der Waals surface area contributed by atoms with Gasteiger partial charge in [0.25, 0.3) is 0 Å². The molecule has 1 heterocycles. The van der Waals surface area contributed by atoms with Gasteiger partial charge in [-0.3, -0.25) is 0 Å². The van der Waals surface area contributed by atoms with Gasteiger partial charge < -0.3 is 5.73 Å². The molecule has 0 fully saturated rings. The monoisotopic (exact) mass is 229 g/mol. The maximum atomic E-state index is 5.63. The van der Waals surface area contributed by atoms with Crippen LogP contribution in [0.1, 0.15) is 36.6 Å². The van der Waals surface area contributed by atoms with Crippen molar-refractivity contribution in [2.45, 2.75) is 33.2 Å². The maximum absolute atomic E-state index is 5.63. The predicted molar refractivity (Wildman–Crippen MR) is 70.3 cm³/mol. The minimum atomic E-state index is 0.458. The van der Waals surface area contributed by atoms with Crippen LogP contribution in [0, 0.1) is 6.92 Å². The molecule has 0 aliphatic rings. The van der Waals surface area contributed by atoms with Gasteiger partial charge in [0.1, 0.15) is 0 Å². The van der Waals surface area contributed by atoms with Crippen LogP contribution in [0.5, 0.6) is 0 Å². The highest BCUT2D eigenvalue weighted by Gasteiger charge is 2.06. The Balaban J connectivity index is 2.38. The van der Waals surface area contributed by atoms with Crippen molar-refractivity contribution in [3.63, 3.8) is 0 Å². The van der Waals surface area contributed by atoms with Crippen LogP contribution >= 0.6 is 0 Å². The van der Waals surface area contributed by atoms with Crippen molar-refractivity contribution in [1.82, 2.24) is 9.78 Å². The Morgan fingerprint density at radius 3 is 2.59 bits per heavy atom. The molecule has 2 N–H and O–H groups in total. The largest absolute Gasteiger partial charge is 0.326 e. The average Bonchev–Trinajstić information content (AvgIpc) is 2.78. The predicted octanol–water partition coefficient (Wildman–Crippen LogP) is 2.76. The number of benzene rings is 1. The summed E-state index contributed by atoms with van der Waals surface area (Å²) in [5.41, 5.74) is 10.2. The number of hydrogen-bond acceptors (Lipinski definition) is 2. The maximum Gasteiger partial charge on any atom is 0.0675 e. The molecular weight excluding hydrogens is 210 g/mol. The molecule has 3 heteroatoms. The summed E-state index contributed by atoms with van der Waals surface area (Å²) in [4.78, 5) is 0. The van der Waals surface area contributed by atoms with Crippen molar-refractivity contribution in [1.29, 1.82) is 0 Å². The van der Waals surface area contributed by atoms with Gasteiger partial charge in [-0.05, 0) is 36.1 Å². The first-order chi connectivity index (χ1) is 8.11. The molecule has 0 amide bonds. The molecule has 1 aromatic heterocycles. The second-order valence-corrected chi connectivity index (χ2v) is 4.66. The van der Waals surface area contributed by atoms with E-state index in [4.69, 9.17) is 5.73 Å². The van der Waals surface area contributed by atoms with E-state index in [1.807, 2.05) is 10.9 Å². The average molecular weight is 229 g/mol. The highest BCUT2D eigenvalue weighted by atomic mass is 15.3. The third kappa shape index (κ3) is 2.39. The van der Waals surface area contributed by atoms with Gasteiger partial charge in [-0.2, -0.15) is 5.10 Å². The second-order valence-electron chi connectivity index (χ2n) is 4.66. The van der Waals surface area contributed by atoms with Gasteiger partial charge in [0.05, 0.1) is 11.4 Å². The lowest BCUT2D eigenvalue weighted by Crippen LogP contribution is -2.02. The molecule has 0 radical (unpaired) electrons.